The summed E-state index contributed by atoms with van der Waals surface area (Å²) in [4.78, 5) is 28.3. The number of amides is 2. The number of morpholine rings is 1. The Hall–Kier alpha value is -2.66. The zero-order valence-corrected chi connectivity index (χ0v) is 14.9. The van der Waals surface area contributed by atoms with Gasteiger partial charge in [0, 0.05) is 31.3 Å². The minimum Gasteiger partial charge on any atom is -0.370 e. The second kappa shape index (κ2) is 6.92. The van der Waals surface area contributed by atoms with Gasteiger partial charge in [-0.05, 0) is 35.7 Å². The summed E-state index contributed by atoms with van der Waals surface area (Å²) in [5, 5.41) is 0. The van der Waals surface area contributed by atoms with Crippen LogP contribution >= 0.6 is 0 Å². The molecule has 0 saturated carbocycles. The van der Waals surface area contributed by atoms with Crippen molar-refractivity contribution in [1.82, 2.24) is 4.90 Å². The molecule has 2 amide bonds. The van der Waals surface area contributed by atoms with Gasteiger partial charge in [-0.2, -0.15) is 0 Å². The lowest BCUT2D eigenvalue weighted by atomic mass is 10.0. The molecule has 1 saturated heterocycles. The monoisotopic (exact) mass is 350 g/mol. The summed E-state index contributed by atoms with van der Waals surface area (Å²) in [6.07, 6.45) is 0.711. The van der Waals surface area contributed by atoms with Gasteiger partial charge in [0.25, 0.3) is 5.91 Å². The van der Waals surface area contributed by atoms with Gasteiger partial charge in [-0.15, -0.1) is 0 Å². The number of anilines is 1. The third-order valence-electron chi connectivity index (χ3n) is 5.13. The molecule has 2 heterocycles. The van der Waals surface area contributed by atoms with Crippen molar-refractivity contribution in [1.29, 1.82) is 0 Å². The fourth-order valence-corrected chi connectivity index (χ4v) is 3.75. The van der Waals surface area contributed by atoms with E-state index in [1.54, 1.807) is 11.8 Å². The van der Waals surface area contributed by atoms with Gasteiger partial charge in [0.05, 0.1) is 13.2 Å². The number of hydrogen-bond donors (Lipinski definition) is 0. The first-order chi connectivity index (χ1) is 12.6. The Morgan fingerprint density at radius 2 is 1.88 bits per heavy atom. The van der Waals surface area contributed by atoms with Crippen LogP contribution in [0.15, 0.2) is 48.5 Å². The van der Waals surface area contributed by atoms with Gasteiger partial charge in [-0.1, -0.05) is 30.3 Å². The van der Waals surface area contributed by atoms with Crippen molar-refractivity contribution in [2.75, 3.05) is 31.1 Å². The summed E-state index contributed by atoms with van der Waals surface area (Å²) in [7, 11) is 0. The molecule has 2 aromatic rings. The first-order valence-electron chi connectivity index (χ1n) is 9.00. The fourth-order valence-electron chi connectivity index (χ4n) is 3.75. The van der Waals surface area contributed by atoms with Crippen molar-refractivity contribution in [3.8, 4) is 0 Å². The SMILES string of the molecule is CC(=O)N1CCc2cc(C(=O)N3CCOC(c4ccccc4)C3)ccc21. The predicted molar refractivity (Wildman–Crippen MR) is 99.2 cm³/mol. The van der Waals surface area contributed by atoms with Crippen molar-refractivity contribution >= 4 is 17.5 Å². The van der Waals surface area contributed by atoms with Crippen LogP contribution in [0.3, 0.4) is 0 Å². The van der Waals surface area contributed by atoms with Crippen LogP contribution in [0.25, 0.3) is 0 Å². The average molecular weight is 350 g/mol. The Balaban J connectivity index is 1.52. The molecule has 5 heteroatoms. The molecule has 26 heavy (non-hydrogen) atoms. The molecule has 5 nitrogen and oxygen atoms in total. The molecule has 1 unspecified atom stereocenters. The number of hydrogen-bond acceptors (Lipinski definition) is 3. The molecular formula is C21H22N2O3. The third kappa shape index (κ3) is 3.10. The van der Waals surface area contributed by atoms with Crippen molar-refractivity contribution in [2.24, 2.45) is 0 Å². The molecule has 0 bridgehead atoms. The van der Waals surface area contributed by atoms with Crippen molar-refractivity contribution in [2.45, 2.75) is 19.4 Å². The number of rotatable bonds is 2. The summed E-state index contributed by atoms with van der Waals surface area (Å²) < 4.78 is 5.86. The minimum absolute atomic E-state index is 0.0262. The molecule has 2 aromatic carbocycles. The number of nitrogens with zero attached hydrogens (tertiary/aromatic N) is 2. The molecule has 1 fully saturated rings. The van der Waals surface area contributed by atoms with Crippen molar-refractivity contribution < 1.29 is 14.3 Å². The molecule has 134 valence electrons. The zero-order chi connectivity index (χ0) is 18.1. The topological polar surface area (TPSA) is 49.9 Å². The van der Waals surface area contributed by atoms with Gasteiger partial charge in [0.1, 0.15) is 6.10 Å². The normalized spacial score (nSPS) is 19.3. The minimum atomic E-state index is -0.0865. The van der Waals surface area contributed by atoms with Crippen LogP contribution in [0.5, 0.6) is 0 Å². The van der Waals surface area contributed by atoms with Gasteiger partial charge in [0.2, 0.25) is 5.91 Å². The van der Waals surface area contributed by atoms with E-state index in [1.807, 2.05) is 53.4 Å². The summed E-state index contributed by atoms with van der Waals surface area (Å²) in [6.45, 7) is 3.95. The second-order valence-electron chi connectivity index (χ2n) is 6.79. The number of benzene rings is 2. The first-order valence-corrected chi connectivity index (χ1v) is 9.00. The van der Waals surface area contributed by atoms with Gasteiger partial charge in [-0.3, -0.25) is 9.59 Å². The van der Waals surface area contributed by atoms with E-state index < -0.39 is 0 Å². The summed E-state index contributed by atoms with van der Waals surface area (Å²) in [6, 6.07) is 15.7. The Bertz CT molecular complexity index is 834. The van der Waals surface area contributed by atoms with Crippen LogP contribution in [-0.4, -0.2) is 43.0 Å². The predicted octanol–water partition coefficient (Wildman–Crippen LogP) is 2.81. The maximum atomic E-state index is 13.0. The van der Waals surface area contributed by atoms with E-state index in [-0.39, 0.29) is 17.9 Å². The molecule has 2 aliphatic rings. The Kier molecular flexibility index (Phi) is 4.47. The summed E-state index contributed by atoms with van der Waals surface area (Å²) in [5.74, 6) is 0.0695. The molecular weight excluding hydrogens is 328 g/mol. The van der Waals surface area contributed by atoms with E-state index in [0.717, 1.165) is 23.2 Å². The lowest BCUT2D eigenvalue weighted by Crippen LogP contribution is -2.42. The number of ether oxygens (including phenoxy) is 1. The maximum Gasteiger partial charge on any atom is 0.254 e. The maximum absolute atomic E-state index is 13.0. The standard InChI is InChI=1S/C21H22N2O3/c1-15(24)23-10-9-17-13-18(7-8-19(17)23)21(25)22-11-12-26-20(14-22)16-5-3-2-4-6-16/h2-8,13,20H,9-12,14H2,1H3. The zero-order valence-electron chi connectivity index (χ0n) is 14.9. The highest BCUT2D eigenvalue weighted by Crippen LogP contribution is 2.30. The Morgan fingerprint density at radius 1 is 1.08 bits per heavy atom. The molecule has 4 rings (SSSR count). The van der Waals surface area contributed by atoms with Crippen LogP contribution in [0.1, 0.15) is 34.5 Å². The average Bonchev–Trinajstić information content (AvgIpc) is 3.12. The molecule has 0 aliphatic carbocycles. The third-order valence-corrected chi connectivity index (χ3v) is 5.13. The van der Waals surface area contributed by atoms with Gasteiger partial charge in [-0.25, -0.2) is 0 Å². The lowest BCUT2D eigenvalue weighted by Gasteiger charge is -2.33. The van der Waals surface area contributed by atoms with Gasteiger partial charge in [0.15, 0.2) is 0 Å². The van der Waals surface area contributed by atoms with Gasteiger partial charge >= 0.3 is 0 Å². The molecule has 2 aliphatic heterocycles. The highest BCUT2D eigenvalue weighted by Gasteiger charge is 2.28. The van der Waals surface area contributed by atoms with E-state index >= 15 is 0 Å². The van der Waals surface area contributed by atoms with E-state index in [1.165, 1.54) is 0 Å². The van der Waals surface area contributed by atoms with E-state index in [0.29, 0.717) is 31.8 Å². The smallest absolute Gasteiger partial charge is 0.254 e. The summed E-state index contributed by atoms with van der Waals surface area (Å²) in [5.41, 5.74) is 3.77. The highest BCUT2D eigenvalue weighted by molar-refractivity contribution is 5.98. The van der Waals surface area contributed by atoms with Crippen LogP contribution in [0, 0.1) is 0 Å². The van der Waals surface area contributed by atoms with E-state index in [9.17, 15) is 9.59 Å². The lowest BCUT2D eigenvalue weighted by molar-refractivity contribution is -0.116. The molecule has 1 atom stereocenters. The molecule has 0 aromatic heterocycles. The molecule has 0 spiro atoms. The number of carbonyl (C=O) groups excluding carboxylic acids is 2. The highest BCUT2D eigenvalue weighted by atomic mass is 16.5. The number of fused-ring (bicyclic) bond motifs is 1. The Morgan fingerprint density at radius 3 is 2.65 bits per heavy atom. The largest absolute Gasteiger partial charge is 0.370 e. The van der Waals surface area contributed by atoms with E-state index in [2.05, 4.69) is 0 Å². The number of carbonyl (C=O) groups is 2. The molecule has 0 N–H and O–H groups in total. The van der Waals surface area contributed by atoms with Crippen molar-refractivity contribution in [3.63, 3.8) is 0 Å². The van der Waals surface area contributed by atoms with E-state index in [4.69, 9.17) is 4.74 Å². The van der Waals surface area contributed by atoms with Crippen molar-refractivity contribution in [3.05, 3.63) is 65.2 Å². The van der Waals surface area contributed by atoms with Gasteiger partial charge < -0.3 is 14.5 Å². The quantitative estimate of drug-likeness (QED) is 0.837. The fraction of sp³-hybridized carbons (Fsp3) is 0.333. The first kappa shape index (κ1) is 16.8. The second-order valence-corrected chi connectivity index (χ2v) is 6.79. The Labute approximate surface area is 153 Å². The van der Waals surface area contributed by atoms with Crippen LogP contribution < -0.4 is 4.90 Å². The van der Waals surface area contributed by atoms with Crippen LogP contribution in [0.2, 0.25) is 0 Å². The molecule has 0 radical (unpaired) electrons. The summed E-state index contributed by atoms with van der Waals surface area (Å²) >= 11 is 0. The van der Waals surface area contributed by atoms with Crippen LogP contribution in [0.4, 0.5) is 5.69 Å². The van der Waals surface area contributed by atoms with Crippen LogP contribution in [-0.2, 0) is 16.0 Å².